The van der Waals surface area contributed by atoms with E-state index < -0.39 is 0 Å². The Labute approximate surface area is 154 Å². The van der Waals surface area contributed by atoms with E-state index in [1.807, 2.05) is 6.92 Å². The number of hydrogen-bond acceptors (Lipinski definition) is 3. The van der Waals surface area contributed by atoms with Crippen molar-refractivity contribution < 1.29 is 14.3 Å². The van der Waals surface area contributed by atoms with Crippen molar-refractivity contribution in [3.05, 3.63) is 61.2 Å². The van der Waals surface area contributed by atoms with Gasteiger partial charge in [0.05, 0.1) is 24.9 Å². The van der Waals surface area contributed by atoms with E-state index in [1.54, 1.807) is 30.3 Å². The van der Waals surface area contributed by atoms with Crippen LogP contribution in [0.25, 0.3) is 11.0 Å². The highest BCUT2D eigenvalue weighted by Crippen LogP contribution is 2.37. The molecule has 0 amide bonds. The number of rotatable bonds is 3. The van der Waals surface area contributed by atoms with Gasteiger partial charge in [0, 0.05) is 12.0 Å². The molecule has 2 aromatic carbocycles. The van der Waals surface area contributed by atoms with Gasteiger partial charge in [0.25, 0.3) is 0 Å². The number of hydrogen-bond donors (Lipinski definition) is 1. The summed E-state index contributed by atoms with van der Waals surface area (Å²) in [5.74, 6) is 0.445. The molecule has 23 heavy (non-hydrogen) atoms. The normalized spacial score (nSPS) is 11.1. The van der Waals surface area contributed by atoms with E-state index in [4.69, 9.17) is 16.0 Å². The number of fused-ring (bicyclic) bond motifs is 1. The molecule has 3 nitrogen and oxygen atoms in total. The number of benzene rings is 2. The SMILES string of the molecule is CCc1oc2cccc(Cl)c2c1C(=O)c1cc(Br)c(O)c(Br)c1. The predicted molar refractivity (Wildman–Crippen MR) is 97.5 cm³/mol. The summed E-state index contributed by atoms with van der Waals surface area (Å²) in [7, 11) is 0. The van der Waals surface area contributed by atoms with Crippen LogP contribution in [-0.2, 0) is 6.42 Å². The van der Waals surface area contributed by atoms with Crippen molar-refractivity contribution in [1.82, 2.24) is 0 Å². The molecule has 0 aliphatic heterocycles. The largest absolute Gasteiger partial charge is 0.506 e. The molecule has 0 spiro atoms. The molecule has 0 aliphatic rings. The van der Waals surface area contributed by atoms with Crippen LogP contribution in [-0.4, -0.2) is 10.9 Å². The van der Waals surface area contributed by atoms with Gasteiger partial charge in [-0.2, -0.15) is 0 Å². The summed E-state index contributed by atoms with van der Waals surface area (Å²) in [5, 5.41) is 10.9. The van der Waals surface area contributed by atoms with Gasteiger partial charge in [0.15, 0.2) is 5.78 Å². The Balaban J connectivity index is 2.26. The number of phenolic OH excluding ortho intramolecular Hbond substituents is 1. The lowest BCUT2D eigenvalue weighted by Crippen LogP contribution is -2.04. The van der Waals surface area contributed by atoms with Gasteiger partial charge in [-0.25, -0.2) is 0 Å². The Morgan fingerprint density at radius 1 is 1.26 bits per heavy atom. The number of phenols is 1. The highest BCUT2D eigenvalue weighted by Gasteiger charge is 2.24. The molecule has 3 aromatic rings. The minimum Gasteiger partial charge on any atom is -0.506 e. The maximum absolute atomic E-state index is 13.0. The molecule has 0 bridgehead atoms. The Bertz CT molecular complexity index is 908. The van der Waals surface area contributed by atoms with Crippen molar-refractivity contribution in [3.63, 3.8) is 0 Å². The maximum atomic E-state index is 13.0. The van der Waals surface area contributed by atoms with E-state index >= 15 is 0 Å². The summed E-state index contributed by atoms with van der Waals surface area (Å²) in [6.45, 7) is 1.92. The molecule has 118 valence electrons. The summed E-state index contributed by atoms with van der Waals surface area (Å²) in [4.78, 5) is 13.0. The van der Waals surface area contributed by atoms with E-state index in [2.05, 4.69) is 31.9 Å². The number of carbonyl (C=O) groups is 1. The Kier molecular flexibility index (Phi) is 4.54. The van der Waals surface area contributed by atoms with Gasteiger partial charge in [0.1, 0.15) is 17.1 Å². The average molecular weight is 459 g/mol. The summed E-state index contributed by atoms with van der Waals surface area (Å²) in [6, 6.07) is 8.47. The van der Waals surface area contributed by atoms with Crippen LogP contribution in [0.15, 0.2) is 43.7 Å². The molecule has 0 aliphatic carbocycles. The van der Waals surface area contributed by atoms with E-state index in [0.717, 1.165) is 0 Å². The zero-order valence-electron chi connectivity index (χ0n) is 12.0. The average Bonchev–Trinajstić information content (AvgIpc) is 2.91. The zero-order chi connectivity index (χ0) is 16.7. The van der Waals surface area contributed by atoms with E-state index in [1.165, 1.54) is 0 Å². The molecule has 0 radical (unpaired) electrons. The van der Waals surface area contributed by atoms with E-state index in [-0.39, 0.29) is 11.5 Å². The van der Waals surface area contributed by atoms with Crippen molar-refractivity contribution in [2.24, 2.45) is 0 Å². The fourth-order valence-corrected chi connectivity index (χ4v) is 3.93. The molecule has 1 aromatic heterocycles. The summed E-state index contributed by atoms with van der Waals surface area (Å²) >= 11 is 12.8. The Hall–Kier alpha value is -1.30. The number of aromatic hydroxyl groups is 1. The van der Waals surface area contributed by atoms with Gasteiger partial charge in [-0.15, -0.1) is 0 Å². The van der Waals surface area contributed by atoms with Crippen LogP contribution in [0.2, 0.25) is 5.02 Å². The molecule has 0 saturated heterocycles. The number of ketones is 1. The summed E-state index contributed by atoms with van der Waals surface area (Å²) in [5.41, 5.74) is 1.49. The van der Waals surface area contributed by atoms with Crippen LogP contribution in [0.3, 0.4) is 0 Å². The minimum absolute atomic E-state index is 0.0485. The van der Waals surface area contributed by atoms with Crippen LogP contribution < -0.4 is 0 Å². The van der Waals surface area contributed by atoms with Crippen LogP contribution in [0.4, 0.5) is 0 Å². The summed E-state index contributed by atoms with van der Waals surface area (Å²) in [6.07, 6.45) is 0.576. The molecular formula is C17H11Br2ClO3. The fourth-order valence-electron chi connectivity index (χ4n) is 2.49. The standard InChI is InChI=1S/C17H11Br2ClO3/c1-2-12-15(14-11(20)4-3-5-13(14)23-12)16(21)8-6-9(18)17(22)10(19)7-8/h3-7,22H,2H2,1H3. The van der Waals surface area contributed by atoms with Gasteiger partial charge in [-0.3, -0.25) is 4.79 Å². The second-order valence-electron chi connectivity index (χ2n) is 4.98. The van der Waals surface area contributed by atoms with Crippen molar-refractivity contribution in [1.29, 1.82) is 0 Å². The molecule has 0 fully saturated rings. The Morgan fingerprint density at radius 2 is 1.91 bits per heavy atom. The first-order valence-electron chi connectivity index (χ1n) is 6.86. The third kappa shape index (κ3) is 2.82. The van der Waals surface area contributed by atoms with Crippen molar-refractivity contribution in [2.75, 3.05) is 0 Å². The third-order valence-electron chi connectivity index (χ3n) is 3.56. The van der Waals surface area contributed by atoms with Gasteiger partial charge >= 0.3 is 0 Å². The predicted octanol–water partition coefficient (Wildman–Crippen LogP) is 6.11. The number of halogens is 3. The first-order chi connectivity index (χ1) is 10.9. The first kappa shape index (κ1) is 16.6. The zero-order valence-corrected chi connectivity index (χ0v) is 15.9. The molecule has 0 saturated carbocycles. The number of aryl methyl sites for hydroxylation is 1. The topological polar surface area (TPSA) is 50.4 Å². The molecule has 1 heterocycles. The van der Waals surface area contributed by atoms with Crippen molar-refractivity contribution in [2.45, 2.75) is 13.3 Å². The number of furan rings is 1. The van der Waals surface area contributed by atoms with E-state index in [0.29, 0.717) is 48.2 Å². The molecule has 1 N–H and O–H groups in total. The van der Waals surface area contributed by atoms with Gasteiger partial charge in [0.2, 0.25) is 0 Å². The molecule has 3 rings (SSSR count). The van der Waals surface area contributed by atoms with Crippen molar-refractivity contribution in [3.8, 4) is 5.75 Å². The van der Waals surface area contributed by atoms with Crippen molar-refractivity contribution >= 4 is 60.2 Å². The van der Waals surface area contributed by atoms with Gasteiger partial charge in [-0.05, 0) is 56.1 Å². The highest BCUT2D eigenvalue weighted by molar-refractivity contribution is 9.11. The lowest BCUT2D eigenvalue weighted by molar-refractivity contribution is 0.103. The maximum Gasteiger partial charge on any atom is 0.197 e. The molecule has 0 atom stereocenters. The molecule has 0 unspecified atom stereocenters. The summed E-state index contributed by atoms with van der Waals surface area (Å²) < 4.78 is 6.65. The van der Waals surface area contributed by atoms with Crippen LogP contribution >= 0.6 is 43.5 Å². The fraction of sp³-hybridized carbons (Fsp3) is 0.118. The number of carbonyl (C=O) groups excluding carboxylic acids is 1. The molecular weight excluding hydrogens is 447 g/mol. The van der Waals surface area contributed by atoms with E-state index in [9.17, 15) is 9.90 Å². The smallest absolute Gasteiger partial charge is 0.197 e. The second kappa shape index (κ2) is 6.30. The van der Waals surface area contributed by atoms with Crippen LogP contribution in [0, 0.1) is 0 Å². The Morgan fingerprint density at radius 3 is 2.52 bits per heavy atom. The first-order valence-corrected chi connectivity index (χ1v) is 8.83. The molecule has 6 heteroatoms. The van der Waals surface area contributed by atoms with Gasteiger partial charge < -0.3 is 9.52 Å². The van der Waals surface area contributed by atoms with Crippen LogP contribution in [0.1, 0.15) is 28.6 Å². The third-order valence-corrected chi connectivity index (χ3v) is 5.09. The quantitative estimate of drug-likeness (QED) is 0.482. The van der Waals surface area contributed by atoms with Gasteiger partial charge in [-0.1, -0.05) is 24.6 Å². The minimum atomic E-state index is -0.199. The monoisotopic (exact) mass is 456 g/mol. The lowest BCUT2D eigenvalue weighted by atomic mass is 9.99. The lowest BCUT2D eigenvalue weighted by Gasteiger charge is -2.06. The second-order valence-corrected chi connectivity index (χ2v) is 7.10. The highest BCUT2D eigenvalue weighted by atomic mass is 79.9. The van der Waals surface area contributed by atoms with Crippen LogP contribution in [0.5, 0.6) is 5.75 Å².